The van der Waals surface area contributed by atoms with E-state index >= 15 is 0 Å². The fourth-order valence-corrected chi connectivity index (χ4v) is 0.924. The van der Waals surface area contributed by atoms with Crippen molar-refractivity contribution in [3.63, 3.8) is 0 Å². The third-order valence-electron chi connectivity index (χ3n) is 1.75. The second-order valence-corrected chi connectivity index (χ2v) is 3.00. The summed E-state index contributed by atoms with van der Waals surface area (Å²) in [7, 11) is 0. The quantitative estimate of drug-likeness (QED) is 0.740. The maximum atomic E-state index is 5.54. The summed E-state index contributed by atoms with van der Waals surface area (Å²) < 4.78 is 5.33. The van der Waals surface area contributed by atoms with Crippen LogP contribution in [-0.4, -0.2) is 16.6 Å². The van der Waals surface area contributed by atoms with Gasteiger partial charge in [0.25, 0.3) is 0 Å². The lowest BCUT2D eigenvalue weighted by atomic mass is 10.3. The third-order valence-corrected chi connectivity index (χ3v) is 1.75. The maximum Gasteiger partial charge on any atom is 0.144 e. The molecule has 0 spiro atoms. The molecule has 76 valence electrons. The second kappa shape index (κ2) is 4.60. The molecule has 0 bridgehead atoms. The van der Waals surface area contributed by atoms with E-state index in [4.69, 9.17) is 10.5 Å². The Morgan fingerprint density at radius 3 is 2.93 bits per heavy atom. The molecule has 1 aromatic heterocycles. The van der Waals surface area contributed by atoms with Gasteiger partial charge in [-0.25, -0.2) is 9.97 Å². The van der Waals surface area contributed by atoms with Crippen LogP contribution in [0.5, 0.6) is 0 Å². The summed E-state index contributed by atoms with van der Waals surface area (Å²) >= 11 is 0. The van der Waals surface area contributed by atoms with E-state index in [0.717, 1.165) is 6.42 Å². The molecule has 0 fully saturated rings. The Hall–Kier alpha value is -1.58. The van der Waals surface area contributed by atoms with Crippen molar-refractivity contribution in [2.45, 2.75) is 20.3 Å². The van der Waals surface area contributed by atoms with Crippen molar-refractivity contribution in [3.8, 4) is 0 Å². The molecule has 4 nitrogen and oxygen atoms in total. The average molecular weight is 193 g/mol. The normalized spacial score (nSPS) is 9.86. The molecule has 2 N–H and O–H groups in total. The van der Waals surface area contributed by atoms with Gasteiger partial charge in [-0.2, -0.15) is 0 Å². The van der Waals surface area contributed by atoms with Crippen molar-refractivity contribution in [2.24, 2.45) is 0 Å². The number of ether oxygens (including phenoxy) is 1. The Balaban J connectivity index is 2.76. The summed E-state index contributed by atoms with van der Waals surface area (Å²) in [5.41, 5.74) is 6.89. The highest BCUT2D eigenvalue weighted by atomic mass is 16.5. The minimum atomic E-state index is 0.442. The molecule has 1 aromatic rings. The van der Waals surface area contributed by atoms with E-state index in [1.54, 1.807) is 13.1 Å². The number of nitrogen functional groups attached to an aromatic ring is 1. The molecule has 0 unspecified atom stereocenters. The summed E-state index contributed by atoms with van der Waals surface area (Å²) in [6.45, 7) is 8.25. The molecule has 1 heterocycles. The summed E-state index contributed by atoms with van der Waals surface area (Å²) in [5, 5.41) is 0. The summed E-state index contributed by atoms with van der Waals surface area (Å²) in [6.07, 6.45) is 2.51. The van der Waals surface area contributed by atoms with Gasteiger partial charge in [-0.05, 0) is 13.3 Å². The summed E-state index contributed by atoms with van der Waals surface area (Å²) in [5.74, 6) is 0.986. The highest BCUT2D eigenvalue weighted by molar-refractivity contribution is 5.54. The Bertz CT molecular complexity index is 336. The zero-order valence-corrected chi connectivity index (χ0v) is 8.58. The van der Waals surface area contributed by atoms with Gasteiger partial charge in [0.1, 0.15) is 17.3 Å². The summed E-state index contributed by atoms with van der Waals surface area (Å²) in [4.78, 5) is 8.20. The van der Waals surface area contributed by atoms with Crippen molar-refractivity contribution in [1.82, 2.24) is 9.97 Å². The van der Waals surface area contributed by atoms with E-state index in [0.29, 0.717) is 29.6 Å². The maximum absolute atomic E-state index is 5.54. The Morgan fingerprint density at radius 2 is 2.36 bits per heavy atom. The molecule has 4 heteroatoms. The lowest BCUT2D eigenvalue weighted by Gasteiger charge is -2.07. The number of hydrogen-bond acceptors (Lipinski definition) is 4. The van der Waals surface area contributed by atoms with Gasteiger partial charge in [-0.15, -0.1) is 0 Å². The molecular weight excluding hydrogens is 178 g/mol. The van der Waals surface area contributed by atoms with Crippen LogP contribution < -0.4 is 5.73 Å². The van der Waals surface area contributed by atoms with Gasteiger partial charge in [0.2, 0.25) is 0 Å². The van der Waals surface area contributed by atoms with Crippen LogP contribution in [0.15, 0.2) is 12.8 Å². The minimum absolute atomic E-state index is 0.442. The minimum Gasteiger partial charge on any atom is -0.492 e. The van der Waals surface area contributed by atoms with Crippen LogP contribution in [0.4, 0.5) is 5.82 Å². The van der Waals surface area contributed by atoms with Gasteiger partial charge in [0.05, 0.1) is 18.5 Å². The molecule has 14 heavy (non-hydrogen) atoms. The smallest absolute Gasteiger partial charge is 0.144 e. The first kappa shape index (κ1) is 10.5. The van der Waals surface area contributed by atoms with E-state index in [1.165, 1.54) is 0 Å². The van der Waals surface area contributed by atoms with Crippen molar-refractivity contribution in [1.29, 1.82) is 0 Å². The molecule has 0 aliphatic carbocycles. The molecule has 0 saturated carbocycles. The first-order valence-corrected chi connectivity index (χ1v) is 4.56. The van der Waals surface area contributed by atoms with Gasteiger partial charge in [0.15, 0.2) is 0 Å². The second-order valence-electron chi connectivity index (χ2n) is 3.00. The van der Waals surface area contributed by atoms with Crippen LogP contribution in [0.1, 0.15) is 24.7 Å². The zero-order valence-electron chi connectivity index (χ0n) is 8.58. The van der Waals surface area contributed by atoms with Gasteiger partial charge >= 0.3 is 0 Å². The topological polar surface area (TPSA) is 61.0 Å². The third kappa shape index (κ3) is 2.45. The zero-order chi connectivity index (χ0) is 10.6. The molecule has 0 amide bonds. The van der Waals surface area contributed by atoms with Crippen molar-refractivity contribution >= 4 is 11.6 Å². The largest absolute Gasteiger partial charge is 0.492 e. The first-order chi connectivity index (χ1) is 6.65. The predicted molar refractivity (Wildman–Crippen MR) is 56.5 cm³/mol. The van der Waals surface area contributed by atoms with Crippen LogP contribution in [0.25, 0.3) is 5.76 Å². The number of anilines is 1. The average Bonchev–Trinajstić information content (AvgIpc) is 2.18. The molecular formula is C10H15N3O. The van der Waals surface area contributed by atoms with Crippen LogP contribution in [-0.2, 0) is 4.74 Å². The van der Waals surface area contributed by atoms with E-state index in [2.05, 4.69) is 16.5 Å². The molecule has 0 aliphatic heterocycles. The monoisotopic (exact) mass is 193 g/mol. The fraction of sp³-hybridized carbons (Fsp3) is 0.400. The lowest BCUT2D eigenvalue weighted by molar-refractivity contribution is 0.276. The van der Waals surface area contributed by atoms with Crippen molar-refractivity contribution < 1.29 is 4.74 Å². The van der Waals surface area contributed by atoms with Gasteiger partial charge in [0, 0.05) is 0 Å². The van der Waals surface area contributed by atoms with Crippen LogP contribution >= 0.6 is 0 Å². The fourth-order valence-electron chi connectivity index (χ4n) is 0.924. The number of nitrogens with zero attached hydrogens (tertiary/aromatic N) is 2. The highest BCUT2D eigenvalue weighted by Crippen LogP contribution is 2.12. The number of aryl methyl sites for hydroxylation is 1. The molecule has 0 atom stereocenters. The van der Waals surface area contributed by atoms with E-state index in [1.807, 2.05) is 6.92 Å². The van der Waals surface area contributed by atoms with Gasteiger partial charge < -0.3 is 10.5 Å². The van der Waals surface area contributed by atoms with Gasteiger partial charge in [-0.1, -0.05) is 13.5 Å². The lowest BCUT2D eigenvalue weighted by Crippen LogP contribution is -2.01. The molecule has 1 rings (SSSR count). The van der Waals surface area contributed by atoms with Crippen molar-refractivity contribution in [2.75, 3.05) is 12.3 Å². The van der Waals surface area contributed by atoms with Gasteiger partial charge in [-0.3, -0.25) is 0 Å². The highest BCUT2D eigenvalue weighted by Gasteiger charge is 2.04. The number of nitrogens with two attached hydrogens (primary N) is 1. The Labute approximate surface area is 83.8 Å². The van der Waals surface area contributed by atoms with Crippen molar-refractivity contribution in [3.05, 3.63) is 24.2 Å². The van der Waals surface area contributed by atoms with E-state index in [9.17, 15) is 0 Å². The molecule has 0 aromatic carbocycles. The van der Waals surface area contributed by atoms with Crippen LogP contribution in [0.2, 0.25) is 0 Å². The molecule has 0 radical (unpaired) electrons. The van der Waals surface area contributed by atoms with Crippen LogP contribution in [0, 0.1) is 6.92 Å². The number of hydrogen-bond donors (Lipinski definition) is 1. The SMILES string of the molecule is C=C(OCCC)c1cnc(N)c(C)n1. The Kier molecular flexibility index (Phi) is 3.45. The van der Waals surface area contributed by atoms with Crippen LogP contribution in [0.3, 0.4) is 0 Å². The Morgan fingerprint density at radius 1 is 1.64 bits per heavy atom. The standard InChI is InChI=1S/C10H15N3O/c1-4-5-14-8(3)9-6-12-10(11)7(2)13-9/h6H,3-5H2,1-2H3,(H2,11,12). The first-order valence-electron chi connectivity index (χ1n) is 4.56. The molecule has 0 aliphatic rings. The number of aromatic nitrogens is 2. The predicted octanol–water partition coefficient (Wildman–Crippen LogP) is 1.76. The van der Waals surface area contributed by atoms with E-state index < -0.39 is 0 Å². The number of rotatable bonds is 4. The van der Waals surface area contributed by atoms with E-state index in [-0.39, 0.29) is 0 Å². The molecule has 0 saturated heterocycles. The summed E-state index contributed by atoms with van der Waals surface area (Å²) in [6, 6.07) is 0.